The van der Waals surface area contributed by atoms with E-state index >= 15 is 0 Å². The minimum atomic E-state index is -4.88. The molecule has 3 heterocycles. The number of aromatic nitrogens is 2. The molecule has 0 bridgehead atoms. The van der Waals surface area contributed by atoms with Gasteiger partial charge in [-0.05, 0) is 12.1 Å². The second-order valence-corrected chi connectivity index (χ2v) is 8.10. The molecule has 1 fully saturated rings. The molecule has 2 aromatic heterocycles. The highest BCUT2D eigenvalue weighted by Crippen LogP contribution is 2.35. The summed E-state index contributed by atoms with van der Waals surface area (Å²) in [6, 6.07) is -0.794. The van der Waals surface area contributed by atoms with Crippen LogP contribution in [-0.2, 0) is 16.2 Å². The van der Waals surface area contributed by atoms with E-state index in [1.807, 2.05) is 0 Å². The van der Waals surface area contributed by atoms with Crippen LogP contribution in [0.2, 0.25) is 0 Å². The van der Waals surface area contributed by atoms with Gasteiger partial charge in [-0.3, -0.25) is 4.40 Å². The predicted octanol–water partition coefficient (Wildman–Crippen LogP) is 2.37. The quantitative estimate of drug-likeness (QED) is 0.706. The monoisotopic (exact) mass is 416 g/mol. The van der Waals surface area contributed by atoms with E-state index < -0.39 is 47.1 Å². The second kappa shape index (κ2) is 6.26. The van der Waals surface area contributed by atoms with Crippen molar-refractivity contribution in [3.05, 3.63) is 30.2 Å². The molecule has 0 saturated carbocycles. The summed E-state index contributed by atoms with van der Waals surface area (Å²) < 4.78 is 105. The maximum Gasteiger partial charge on any atom is 0.416 e. The second-order valence-electron chi connectivity index (χ2n) is 6.17. The van der Waals surface area contributed by atoms with E-state index in [4.69, 9.17) is 0 Å². The number of nitrogens with zero attached hydrogens (tertiary/aromatic N) is 4. The third-order valence-corrected chi connectivity index (χ3v) is 5.58. The lowest BCUT2D eigenvalue weighted by Crippen LogP contribution is -2.60. The molecule has 6 nitrogen and oxygen atoms in total. The van der Waals surface area contributed by atoms with Gasteiger partial charge in [0.25, 0.3) is 0 Å². The number of rotatable bonds is 2. The molecule has 3 rings (SSSR count). The molecule has 1 atom stereocenters. The number of hydrogen-bond acceptors (Lipinski definition) is 4. The zero-order chi connectivity index (χ0) is 20.2. The SMILES string of the molecule is CS(=O)(=O)N1CCN(c2cc(C(F)(F)F)cc3cncn23)CC1C(F)(F)F. The predicted molar refractivity (Wildman–Crippen MR) is 83.8 cm³/mol. The van der Waals surface area contributed by atoms with Crippen LogP contribution in [0.25, 0.3) is 5.52 Å². The topological polar surface area (TPSA) is 57.9 Å². The lowest BCUT2D eigenvalue weighted by atomic mass is 10.1. The van der Waals surface area contributed by atoms with Crippen molar-refractivity contribution < 1.29 is 34.8 Å². The lowest BCUT2D eigenvalue weighted by molar-refractivity contribution is -0.171. The number of pyridine rings is 1. The van der Waals surface area contributed by atoms with Crippen molar-refractivity contribution in [2.45, 2.75) is 18.4 Å². The molecule has 2 aromatic rings. The summed E-state index contributed by atoms with van der Waals surface area (Å²) in [5.74, 6) is -0.139. The third-order valence-electron chi connectivity index (χ3n) is 4.29. The molecular weight excluding hydrogens is 402 g/mol. The maximum atomic E-state index is 13.4. The molecule has 0 aliphatic carbocycles. The molecule has 0 amide bonds. The first-order valence-electron chi connectivity index (χ1n) is 7.60. The fraction of sp³-hybridized carbons (Fsp3) is 0.500. The number of imidazole rings is 1. The van der Waals surface area contributed by atoms with E-state index in [9.17, 15) is 34.8 Å². The number of anilines is 1. The first-order valence-corrected chi connectivity index (χ1v) is 9.45. The first-order chi connectivity index (χ1) is 12.3. The van der Waals surface area contributed by atoms with Gasteiger partial charge >= 0.3 is 12.4 Å². The number of halogens is 6. The summed E-state index contributed by atoms with van der Waals surface area (Å²) in [4.78, 5) is 4.83. The van der Waals surface area contributed by atoms with Crippen molar-refractivity contribution in [1.29, 1.82) is 0 Å². The third kappa shape index (κ3) is 3.83. The summed E-state index contributed by atoms with van der Waals surface area (Å²) in [5.41, 5.74) is -0.964. The van der Waals surface area contributed by atoms with Gasteiger partial charge in [0.1, 0.15) is 18.2 Å². The highest BCUT2D eigenvalue weighted by Gasteiger charge is 2.50. The van der Waals surface area contributed by atoms with Crippen LogP contribution in [0.15, 0.2) is 24.7 Å². The number of sulfonamides is 1. The molecule has 0 radical (unpaired) electrons. The van der Waals surface area contributed by atoms with Gasteiger partial charge in [0, 0.05) is 19.6 Å². The van der Waals surface area contributed by atoms with Gasteiger partial charge in [-0.1, -0.05) is 0 Å². The lowest BCUT2D eigenvalue weighted by Gasteiger charge is -2.41. The van der Waals surface area contributed by atoms with Gasteiger partial charge in [-0.15, -0.1) is 0 Å². The van der Waals surface area contributed by atoms with E-state index in [0.717, 1.165) is 23.2 Å². The average molecular weight is 416 g/mol. The van der Waals surface area contributed by atoms with Gasteiger partial charge < -0.3 is 4.90 Å². The average Bonchev–Trinajstić information content (AvgIpc) is 2.99. The minimum Gasteiger partial charge on any atom is -0.354 e. The van der Waals surface area contributed by atoms with Gasteiger partial charge in [-0.25, -0.2) is 13.4 Å². The zero-order valence-corrected chi connectivity index (χ0v) is 14.6. The highest BCUT2D eigenvalue weighted by molar-refractivity contribution is 7.88. The Morgan fingerprint density at radius 2 is 1.78 bits per heavy atom. The van der Waals surface area contributed by atoms with Crippen LogP contribution in [0, 0.1) is 0 Å². The molecule has 1 unspecified atom stereocenters. The smallest absolute Gasteiger partial charge is 0.354 e. The molecule has 27 heavy (non-hydrogen) atoms. The van der Waals surface area contributed by atoms with Crippen molar-refractivity contribution in [3.8, 4) is 0 Å². The Hall–Kier alpha value is -2.02. The Kier molecular flexibility index (Phi) is 4.57. The van der Waals surface area contributed by atoms with Crippen LogP contribution in [0.1, 0.15) is 5.56 Å². The number of fused-ring (bicyclic) bond motifs is 1. The van der Waals surface area contributed by atoms with Crippen LogP contribution >= 0.6 is 0 Å². The fourth-order valence-corrected chi connectivity index (χ4v) is 4.12. The normalized spacial score (nSPS) is 20.4. The standard InChI is InChI=1S/C14H14F6N4O2S/c1-27(25,26)24-3-2-22(7-11(24)14(18,19)20)12-5-9(13(15,16)17)4-10-6-21-8-23(10)12/h4-6,8,11H,2-3,7H2,1H3. The number of piperazine rings is 1. The van der Waals surface area contributed by atoms with Crippen molar-refractivity contribution in [2.75, 3.05) is 30.8 Å². The molecular formula is C14H14F6N4O2S. The molecule has 0 spiro atoms. The van der Waals surface area contributed by atoms with E-state index in [-0.39, 0.29) is 17.9 Å². The molecule has 0 aromatic carbocycles. The van der Waals surface area contributed by atoms with Crippen LogP contribution in [-0.4, -0.2) is 60.2 Å². The Morgan fingerprint density at radius 3 is 2.33 bits per heavy atom. The van der Waals surface area contributed by atoms with Gasteiger partial charge in [0.2, 0.25) is 10.0 Å². The van der Waals surface area contributed by atoms with Crippen LogP contribution < -0.4 is 4.90 Å². The van der Waals surface area contributed by atoms with Crippen molar-refractivity contribution in [1.82, 2.24) is 13.7 Å². The first kappa shape index (κ1) is 19.7. The molecule has 1 aliphatic rings. The molecule has 0 N–H and O–H groups in total. The molecule has 1 aliphatic heterocycles. The number of alkyl halides is 6. The van der Waals surface area contributed by atoms with Crippen LogP contribution in [0.5, 0.6) is 0 Å². The summed E-state index contributed by atoms with van der Waals surface area (Å²) in [6.07, 6.45) is -6.56. The Labute approximate surface area is 150 Å². The van der Waals surface area contributed by atoms with Crippen LogP contribution in [0.4, 0.5) is 32.2 Å². The van der Waals surface area contributed by atoms with Crippen molar-refractivity contribution >= 4 is 21.4 Å². The van der Waals surface area contributed by atoms with Crippen molar-refractivity contribution in [2.24, 2.45) is 0 Å². The molecule has 150 valence electrons. The Morgan fingerprint density at radius 1 is 1.11 bits per heavy atom. The fourth-order valence-electron chi connectivity index (χ4n) is 3.06. The Balaban J connectivity index is 2.06. The summed E-state index contributed by atoms with van der Waals surface area (Å²) in [7, 11) is -4.14. The minimum absolute atomic E-state index is 0.0638. The van der Waals surface area contributed by atoms with E-state index in [2.05, 4.69) is 4.98 Å². The van der Waals surface area contributed by atoms with E-state index in [1.165, 1.54) is 10.7 Å². The largest absolute Gasteiger partial charge is 0.416 e. The van der Waals surface area contributed by atoms with Crippen molar-refractivity contribution in [3.63, 3.8) is 0 Å². The number of hydrogen-bond donors (Lipinski definition) is 0. The van der Waals surface area contributed by atoms with Crippen LogP contribution in [0.3, 0.4) is 0 Å². The van der Waals surface area contributed by atoms with Gasteiger partial charge in [0.15, 0.2) is 0 Å². The van der Waals surface area contributed by atoms with E-state index in [0.29, 0.717) is 10.6 Å². The zero-order valence-electron chi connectivity index (χ0n) is 13.8. The summed E-state index contributed by atoms with van der Waals surface area (Å²) in [6.45, 7) is -1.53. The van der Waals surface area contributed by atoms with Gasteiger partial charge in [-0.2, -0.15) is 30.6 Å². The Bertz CT molecular complexity index is 953. The van der Waals surface area contributed by atoms with E-state index in [1.54, 1.807) is 0 Å². The summed E-state index contributed by atoms with van der Waals surface area (Å²) in [5, 5.41) is 0. The maximum absolute atomic E-state index is 13.4. The molecule has 1 saturated heterocycles. The highest BCUT2D eigenvalue weighted by atomic mass is 32.2. The summed E-state index contributed by atoms with van der Waals surface area (Å²) >= 11 is 0. The van der Waals surface area contributed by atoms with Gasteiger partial charge in [0.05, 0.1) is 23.5 Å². The molecule has 13 heteroatoms.